The smallest absolute Gasteiger partial charge is 0.326 e. The Morgan fingerprint density at radius 1 is 1.73 bits per heavy atom. The van der Waals surface area contributed by atoms with E-state index in [-0.39, 0.29) is 5.69 Å². The van der Waals surface area contributed by atoms with E-state index in [1.54, 1.807) is 26.1 Å². The topological polar surface area (TPSA) is 77.2 Å². The highest BCUT2D eigenvalue weighted by Gasteiger charge is 2.19. The molecule has 0 spiro atoms. The Kier molecular flexibility index (Phi) is 3.24. The Balaban J connectivity index is 3.06. The highest BCUT2D eigenvalue weighted by molar-refractivity contribution is 5.78. The summed E-state index contributed by atoms with van der Waals surface area (Å²) in [5, 5.41) is 17.6. The Morgan fingerprint density at radius 3 is 2.93 bits per heavy atom. The van der Waals surface area contributed by atoms with Crippen molar-refractivity contribution in [1.82, 2.24) is 4.98 Å². The van der Waals surface area contributed by atoms with Gasteiger partial charge in [-0.25, -0.2) is 9.78 Å². The zero-order chi connectivity index (χ0) is 11.4. The summed E-state index contributed by atoms with van der Waals surface area (Å²) in [6.45, 7) is 1.55. The number of carboxylic acids is 1. The van der Waals surface area contributed by atoms with Crippen LogP contribution in [0.2, 0.25) is 0 Å². The van der Waals surface area contributed by atoms with E-state index in [0.29, 0.717) is 5.69 Å². The van der Waals surface area contributed by atoms with Gasteiger partial charge in [0, 0.05) is 13.2 Å². The molecule has 0 amide bonds. The Morgan fingerprint density at radius 2 is 2.40 bits per heavy atom. The molecular formula is C10H11N3O2. The van der Waals surface area contributed by atoms with Gasteiger partial charge in [0.05, 0.1) is 5.69 Å². The number of carboxylic acid groups (broad SMARTS) is 1. The van der Waals surface area contributed by atoms with E-state index in [2.05, 4.69) is 4.98 Å². The van der Waals surface area contributed by atoms with E-state index >= 15 is 0 Å². The van der Waals surface area contributed by atoms with Crippen molar-refractivity contribution < 1.29 is 9.90 Å². The Labute approximate surface area is 87.6 Å². The van der Waals surface area contributed by atoms with Crippen LogP contribution in [0.15, 0.2) is 18.3 Å². The van der Waals surface area contributed by atoms with Gasteiger partial charge in [0.15, 0.2) is 5.69 Å². The number of aromatic nitrogens is 1. The third kappa shape index (κ3) is 2.23. The summed E-state index contributed by atoms with van der Waals surface area (Å²) in [4.78, 5) is 16.1. The van der Waals surface area contributed by atoms with Crippen LogP contribution in [0.25, 0.3) is 0 Å². The summed E-state index contributed by atoms with van der Waals surface area (Å²) in [5.74, 6) is -0.940. The number of rotatable bonds is 3. The zero-order valence-corrected chi connectivity index (χ0v) is 8.51. The second kappa shape index (κ2) is 4.42. The zero-order valence-electron chi connectivity index (χ0n) is 8.51. The van der Waals surface area contributed by atoms with Gasteiger partial charge < -0.3 is 10.0 Å². The van der Waals surface area contributed by atoms with Crippen LogP contribution in [0.5, 0.6) is 0 Å². The van der Waals surface area contributed by atoms with Gasteiger partial charge in [-0.3, -0.25) is 0 Å². The van der Waals surface area contributed by atoms with E-state index in [9.17, 15) is 4.79 Å². The number of pyridine rings is 1. The van der Waals surface area contributed by atoms with E-state index < -0.39 is 12.0 Å². The maximum atomic E-state index is 10.8. The quantitative estimate of drug-likeness (QED) is 0.791. The lowest BCUT2D eigenvalue weighted by molar-refractivity contribution is -0.138. The van der Waals surface area contributed by atoms with Gasteiger partial charge in [-0.05, 0) is 19.1 Å². The summed E-state index contributed by atoms with van der Waals surface area (Å²) in [6.07, 6.45) is 1.50. The molecule has 5 nitrogen and oxygen atoms in total. The number of hydrogen-bond donors (Lipinski definition) is 1. The van der Waals surface area contributed by atoms with Crippen LogP contribution < -0.4 is 4.90 Å². The molecule has 1 aromatic rings. The molecule has 0 bridgehead atoms. The lowest BCUT2D eigenvalue weighted by atomic mass is 10.2. The third-order valence-corrected chi connectivity index (χ3v) is 2.21. The highest BCUT2D eigenvalue weighted by Crippen LogP contribution is 2.17. The predicted octanol–water partition coefficient (Wildman–Crippen LogP) is 0.863. The molecule has 0 saturated heterocycles. The molecule has 0 aliphatic heterocycles. The minimum absolute atomic E-state index is 0.230. The van der Waals surface area contributed by atoms with Gasteiger partial charge in [0.25, 0.3) is 0 Å². The molecule has 1 aromatic heterocycles. The van der Waals surface area contributed by atoms with Gasteiger partial charge in [0.2, 0.25) is 0 Å². The summed E-state index contributed by atoms with van der Waals surface area (Å²) in [6, 6.07) is 4.57. The second-order valence-corrected chi connectivity index (χ2v) is 3.11. The molecule has 15 heavy (non-hydrogen) atoms. The highest BCUT2D eigenvalue weighted by atomic mass is 16.4. The SMILES string of the molecule is CC(C(=O)O)N(C)c1cccnc1C#N. The van der Waals surface area contributed by atoms with Crippen molar-refractivity contribution in [3.05, 3.63) is 24.0 Å². The lowest BCUT2D eigenvalue weighted by Gasteiger charge is -2.23. The van der Waals surface area contributed by atoms with Crippen LogP contribution in [0.3, 0.4) is 0 Å². The Bertz CT molecular complexity index is 411. The van der Waals surface area contributed by atoms with E-state index in [1.807, 2.05) is 6.07 Å². The number of nitriles is 1. The summed E-state index contributed by atoms with van der Waals surface area (Å²) in [7, 11) is 1.62. The molecule has 0 saturated carbocycles. The van der Waals surface area contributed by atoms with Crippen molar-refractivity contribution in [2.45, 2.75) is 13.0 Å². The fourth-order valence-corrected chi connectivity index (χ4v) is 1.14. The molecule has 1 unspecified atom stereocenters. The van der Waals surface area contributed by atoms with Crippen LogP contribution >= 0.6 is 0 Å². The maximum absolute atomic E-state index is 10.8. The van der Waals surface area contributed by atoms with Gasteiger partial charge in [-0.15, -0.1) is 0 Å². The molecule has 1 N–H and O–H groups in total. The molecular weight excluding hydrogens is 194 g/mol. The maximum Gasteiger partial charge on any atom is 0.326 e. The normalized spacial score (nSPS) is 11.5. The van der Waals surface area contributed by atoms with Crippen LogP contribution in [0.1, 0.15) is 12.6 Å². The molecule has 0 radical (unpaired) electrons. The van der Waals surface area contributed by atoms with Crippen LogP contribution in [-0.2, 0) is 4.79 Å². The van der Waals surface area contributed by atoms with Gasteiger partial charge in [-0.1, -0.05) is 0 Å². The molecule has 78 valence electrons. The first-order valence-electron chi connectivity index (χ1n) is 4.38. The first-order chi connectivity index (χ1) is 7.07. The van der Waals surface area contributed by atoms with Crippen LogP contribution in [0.4, 0.5) is 5.69 Å². The predicted molar refractivity (Wildman–Crippen MR) is 54.5 cm³/mol. The fraction of sp³-hybridized carbons (Fsp3) is 0.300. The van der Waals surface area contributed by atoms with Crippen molar-refractivity contribution in [2.24, 2.45) is 0 Å². The average molecular weight is 205 g/mol. The third-order valence-electron chi connectivity index (χ3n) is 2.21. The number of anilines is 1. The number of nitrogens with zero attached hydrogens (tertiary/aromatic N) is 3. The monoisotopic (exact) mass is 205 g/mol. The minimum atomic E-state index is -0.940. The molecule has 5 heteroatoms. The summed E-state index contributed by atoms with van der Waals surface area (Å²) < 4.78 is 0. The van der Waals surface area contributed by atoms with Crippen LogP contribution in [-0.4, -0.2) is 29.1 Å². The molecule has 0 aliphatic rings. The number of carbonyl (C=O) groups is 1. The molecule has 1 atom stereocenters. The van der Waals surface area contributed by atoms with Crippen molar-refractivity contribution in [2.75, 3.05) is 11.9 Å². The Hall–Kier alpha value is -2.09. The first-order valence-corrected chi connectivity index (χ1v) is 4.38. The van der Waals surface area contributed by atoms with E-state index in [0.717, 1.165) is 0 Å². The number of likely N-dealkylation sites (N-methyl/N-ethyl adjacent to an activating group) is 1. The van der Waals surface area contributed by atoms with E-state index in [4.69, 9.17) is 10.4 Å². The molecule has 1 rings (SSSR count). The standard InChI is InChI=1S/C10H11N3O2/c1-7(10(14)15)13(2)9-4-3-5-12-8(9)6-11/h3-5,7H,1-2H3,(H,14,15). The molecule has 1 heterocycles. The summed E-state index contributed by atoms with van der Waals surface area (Å²) in [5.41, 5.74) is 0.753. The number of hydrogen-bond acceptors (Lipinski definition) is 4. The van der Waals surface area contributed by atoms with Crippen molar-refractivity contribution >= 4 is 11.7 Å². The van der Waals surface area contributed by atoms with Crippen molar-refractivity contribution in [3.8, 4) is 6.07 Å². The van der Waals surface area contributed by atoms with Gasteiger partial charge >= 0.3 is 5.97 Å². The van der Waals surface area contributed by atoms with Crippen molar-refractivity contribution in [3.63, 3.8) is 0 Å². The fourth-order valence-electron chi connectivity index (χ4n) is 1.14. The second-order valence-electron chi connectivity index (χ2n) is 3.11. The number of aliphatic carboxylic acids is 1. The molecule has 0 aliphatic carbocycles. The average Bonchev–Trinajstić information content (AvgIpc) is 2.26. The molecule has 0 aromatic carbocycles. The minimum Gasteiger partial charge on any atom is -0.480 e. The molecule has 0 fully saturated rings. The van der Waals surface area contributed by atoms with Crippen molar-refractivity contribution in [1.29, 1.82) is 5.26 Å². The van der Waals surface area contributed by atoms with Crippen LogP contribution in [0, 0.1) is 11.3 Å². The van der Waals surface area contributed by atoms with Gasteiger partial charge in [0.1, 0.15) is 12.1 Å². The summed E-state index contributed by atoms with van der Waals surface area (Å²) >= 11 is 0. The first kappa shape index (κ1) is 11.0. The van der Waals surface area contributed by atoms with E-state index in [1.165, 1.54) is 11.1 Å². The largest absolute Gasteiger partial charge is 0.480 e. The lowest BCUT2D eigenvalue weighted by Crippen LogP contribution is -2.36. The van der Waals surface area contributed by atoms with Gasteiger partial charge in [-0.2, -0.15) is 5.26 Å².